The minimum Gasteiger partial charge on any atom is -0.466 e. The predicted molar refractivity (Wildman–Crippen MR) is 79.3 cm³/mol. The zero-order chi connectivity index (χ0) is 15.5. The first kappa shape index (κ1) is 16.0. The zero-order valence-corrected chi connectivity index (χ0v) is 13.2. The Hall–Kier alpha value is -1.40. The Morgan fingerprint density at radius 2 is 1.95 bits per heavy atom. The van der Waals surface area contributed by atoms with E-state index >= 15 is 0 Å². The summed E-state index contributed by atoms with van der Waals surface area (Å²) in [7, 11) is -3.60. The van der Waals surface area contributed by atoms with Gasteiger partial charge in [-0.3, -0.25) is 4.79 Å². The lowest BCUT2D eigenvalue weighted by molar-refractivity contribution is -0.148. The van der Waals surface area contributed by atoms with Crippen LogP contribution in [0.15, 0.2) is 29.2 Å². The molecule has 0 heterocycles. The quantitative estimate of drug-likeness (QED) is 0.844. The topological polar surface area (TPSA) is 72.5 Å². The minimum atomic E-state index is -3.60. The zero-order valence-electron chi connectivity index (χ0n) is 12.3. The van der Waals surface area contributed by atoms with E-state index < -0.39 is 10.0 Å². The first-order valence-electron chi connectivity index (χ1n) is 7.19. The summed E-state index contributed by atoms with van der Waals surface area (Å²) < 4.78 is 32.4. The van der Waals surface area contributed by atoms with Crippen molar-refractivity contribution in [2.75, 3.05) is 6.61 Å². The van der Waals surface area contributed by atoms with Crippen molar-refractivity contribution in [3.8, 4) is 0 Å². The molecule has 0 amide bonds. The van der Waals surface area contributed by atoms with Gasteiger partial charge >= 0.3 is 5.97 Å². The molecule has 1 N–H and O–H groups in total. The number of carbonyl (C=O) groups is 1. The van der Waals surface area contributed by atoms with Crippen LogP contribution in [0.4, 0.5) is 0 Å². The Labute approximate surface area is 125 Å². The van der Waals surface area contributed by atoms with Gasteiger partial charge in [-0.25, -0.2) is 13.1 Å². The Morgan fingerprint density at radius 1 is 1.29 bits per heavy atom. The van der Waals surface area contributed by atoms with E-state index in [4.69, 9.17) is 4.74 Å². The van der Waals surface area contributed by atoms with Crippen molar-refractivity contribution < 1.29 is 17.9 Å². The average molecular weight is 311 g/mol. The van der Waals surface area contributed by atoms with Crippen LogP contribution in [0, 0.1) is 12.8 Å². The van der Waals surface area contributed by atoms with Crippen LogP contribution in [0.1, 0.15) is 31.7 Å². The Balaban J connectivity index is 2.12. The lowest BCUT2D eigenvalue weighted by Crippen LogP contribution is -2.40. The van der Waals surface area contributed by atoms with E-state index in [0.29, 0.717) is 19.4 Å². The Bertz CT molecular complexity index is 595. The van der Waals surface area contributed by atoms with Gasteiger partial charge in [-0.05, 0) is 38.8 Å². The highest BCUT2D eigenvalue weighted by molar-refractivity contribution is 7.89. The summed E-state index contributed by atoms with van der Waals surface area (Å²) in [5.41, 5.74) is 0.999. The molecule has 0 unspecified atom stereocenters. The number of nitrogens with one attached hydrogen (secondary N) is 1. The van der Waals surface area contributed by atoms with Crippen molar-refractivity contribution in [3.05, 3.63) is 29.8 Å². The first-order valence-corrected chi connectivity index (χ1v) is 8.68. The molecule has 2 rings (SSSR count). The number of hydrogen-bond acceptors (Lipinski definition) is 4. The van der Waals surface area contributed by atoms with E-state index in [1.165, 1.54) is 0 Å². The summed E-state index contributed by atoms with van der Waals surface area (Å²) in [6.45, 7) is 3.96. The fraction of sp³-hybridized carbons (Fsp3) is 0.533. The Morgan fingerprint density at radius 3 is 2.57 bits per heavy atom. The van der Waals surface area contributed by atoms with Gasteiger partial charge in [0.25, 0.3) is 0 Å². The molecule has 0 saturated heterocycles. The second-order valence-corrected chi connectivity index (χ2v) is 7.04. The second kappa shape index (κ2) is 6.58. The van der Waals surface area contributed by atoms with Gasteiger partial charge in [0.15, 0.2) is 0 Å². The van der Waals surface area contributed by atoms with Crippen LogP contribution < -0.4 is 4.72 Å². The van der Waals surface area contributed by atoms with Gasteiger partial charge in [0.1, 0.15) is 0 Å². The number of ether oxygens (including phenoxy) is 1. The molecule has 0 aliphatic heterocycles. The molecule has 1 aromatic carbocycles. The van der Waals surface area contributed by atoms with Crippen LogP contribution in [-0.2, 0) is 19.6 Å². The fourth-order valence-corrected chi connectivity index (χ4v) is 3.93. The van der Waals surface area contributed by atoms with Crippen molar-refractivity contribution in [1.29, 1.82) is 0 Å². The van der Waals surface area contributed by atoms with Crippen molar-refractivity contribution >= 4 is 16.0 Å². The Kier molecular flexibility index (Phi) is 5.00. The van der Waals surface area contributed by atoms with Gasteiger partial charge in [-0.15, -0.1) is 0 Å². The number of esters is 1. The number of benzene rings is 1. The minimum absolute atomic E-state index is 0.225. The van der Waals surface area contributed by atoms with Crippen LogP contribution in [0.5, 0.6) is 0 Å². The van der Waals surface area contributed by atoms with Crippen LogP contribution in [-0.4, -0.2) is 27.0 Å². The SMILES string of the molecule is CCOC(=O)[C@H]1CCC[C@H]1NS(=O)(=O)c1ccc(C)cc1. The third-order valence-electron chi connectivity index (χ3n) is 3.74. The third kappa shape index (κ3) is 3.83. The summed E-state index contributed by atoms with van der Waals surface area (Å²) in [5.74, 6) is -0.697. The van der Waals surface area contributed by atoms with Crippen LogP contribution in [0.25, 0.3) is 0 Å². The van der Waals surface area contributed by atoms with Crippen molar-refractivity contribution in [1.82, 2.24) is 4.72 Å². The molecule has 0 aromatic heterocycles. The van der Waals surface area contributed by atoms with Crippen LogP contribution in [0.2, 0.25) is 0 Å². The summed E-state index contributed by atoms with van der Waals surface area (Å²) in [4.78, 5) is 12.1. The van der Waals surface area contributed by atoms with Gasteiger partial charge in [0.05, 0.1) is 17.4 Å². The van der Waals surface area contributed by atoms with E-state index in [9.17, 15) is 13.2 Å². The van der Waals surface area contributed by atoms with Crippen molar-refractivity contribution in [2.45, 2.75) is 44.0 Å². The van der Waals surface area contributed by atoms with E-state index in [-0.39, 0.29) is 22.8 Å². The summed E-state index contributed by atoms with van der Waals surface area (Å²) in [5, 5.41) is 0. The van der Waals surface area contributed by atoms with Gasteiger partial charge in [-0.2, -0.15) is 0 Å². The third-order valence-corrected chi connectivity index (χ3v) is 5.25. The molecule has 0 spiro atoms. The highest BCUT2D eigenvalue weighted by atomic mass is 32.2. The second-order valence-electron chi connectivity index (χ2n) is 5.33. The lowest BCUT2D eigenvalue weighted by atomic mass is 10.1. The number of sulfonamides is 1. The maximum absolute atomic E-state index is 12.4. The predicted octanol–water partition coefficient (Wildman–Crippen LogP) is 2.01. The van der Waals surface area contributed by atoms with Gasteiger partial charge in [0.2, 0.25) is 10.0 Å². The monoisotopic (exact) mass is 311 g/mol. The maximum atomic E-state index is 12.4. The molecule has 1 aromatic rings. The highest BCUT2D eigenvalue weighted by Gasteiger charge is 2.36. The number of aryl methyl sites for hydroxylation is 1. The molecule has 21 heavy (non-hydrogen) atoms. The van der Waals surface area contributed by atoms with E-state index in [2.05, 4.69) is 4.72 Å². The van der Waals surface area contributed by atoms with E-state index in [1.54, 1.807) is 31.2 Å². The van der Waals surface area contributed by atoms with Crippen LogP contribution >= 0.6 is 0 Å². The average Bonchev–Trinajstić information content (AvgIpc) is 2.87. The smallest absolute Gasteiger partial charge is 0.310 e. The molecule has 6 heteroatoms. The molecule has 2 atom stereocenters. The molecule has 116 valence electrons. The number of rotatable bonds is 5. The lowest BCUT2D eigenvalue weighted by Gasteiger charge is -2.19. The molecule has 5 nitrogen and oxygen atoms in total. The maximum Gasteiger partial charge on any atom is 0.310 e. The standard InChI is InChI=1S/C15H21NO4S/c1-3-20-15(17)13-5-4-6-14(13)16-21(18,19)12-9-7-11(2)8-10-12/h7-10,13-14,16H,3-6H2,1-2H3/t13-,14+/m0/s1. The number of hydrogen-bond donors (Lipinski definition) is 1. The van der Waals surface area contributed by atoms with Crippen LogP contribution in [0.3, 0.4) is 0 Å². The van der Waals surface area contributed by atoms with E-state index in [0.717, 1.165) is 12.0 Å². The highest BCUT2D eigenvalue weighted by Crippen LogP contribution is 2.28. The van der Waals surface area contributed by atoms with Gasteiger partial charge in [-0.1, -0.05) is 24.1 Å². The molecule has 1 aliphatic rings. The molecule has 1 fully saturated rings. The van der Waals surface area contributed by atoms with Crippen molar-refractivity contribution in [3.63, 3.8) is 0 Å². The largest absolute Gasteiger partial charge is 0.466 e. The first-order chi connectivity index (χ1) is 9.94. The normalized spacial score (nSPS) is 22.2. The van der Waals surface area contributed by atoms with Gasteiger partial charge < -0.3 is 4.74 Å². The van der Waals surface area contributed by atoms with Gasteiger partial charge in [0, 0.05) is 6.04 Å². The molecule has 1 saturated carbocycles. The molecule has 1 aliphatic carbocycles. The summed E-state index contributed by atoms with van der Waals surface area (Å²) in [6, 6.07) is 6.28. The molecule has 0 bridgehead atoms. The molecule has 0 radical (unpaired) electrons. The summed E-state index contributed by atoms with van der Waals surface area (Å²) in [6.07, 6.45) is 2.15. The molecular formula is C15H21NO4S. The van der Waals surface area contributed by atoms with Crippen molar-refractivity contribution in [2.24, 2.45) is 5.92 Å². The summed E-state index contributed by atoms with van der Waals surface area (Å²) >= 11 is 0. The fourth-order valence-electron chi connectivity index (χ4n) is 2.62. The van der Waals surface area contributed by atoms with E-state index in [1.807, 2.05) is 6.92 Å². The molecular weight excluding hydrogens is 290 g/mol. The number of carbonyl (C=O) groups excluding carboxylic acids is 1.